The number of anilines is 1. The third-order valence-corrected chi connectivity index (χ3v) is 7.60. The Labute approximate surface area is 198 Å². The second-order valence-corrected chi connectivity index (χ2v) is 9.67. The summed E-state index contributed by atoms with van der Waals surface area (Å²) in [6.45, 7) is 7.95. The summed E-state index contributed by atoms with van der Waals surface area (Å²) in [6.07, 6.45) is 6.06. The topological polar surface area (TPSA) is 58.1 Å². The molecule has 1 atom stereocenters. The first-order valence-electron chi connectivity index (χ1n) is 11.5. The van der Waals surface area contributed by atoms with Crippen molar-refractivity contribution < 1.29 is 4.79 Å². The molecular weight excluding hydrogens is 464 g/mol. The minimum atomic E-state index is 0.0930. The lowest BCUT2D eigenvalue weighted by atomic mass is 9.69. The van der Waals surface area contributed by atoms with Crippen LogP contribution in [0.15, 0.2) is 53.1 Å². The molecule has 0 radical (unpaired) electrons. The molecule has 6 heteroatoms. The number of nitrogens with one attached hydrogen (secondary N) is 1. The Morgan fingerprint density at radius 2 is 2.00 bits per heavy atom. The summed E-state index contributed by atoms with van der Waals surface area (Å²) < 4.78 is 0.953. The third kappa shape index (κ3) is 4.38. The summed E-state index contributed by atoms with van der Waals surface area (Å²) in [4.78, 5) is 25.1. The molecule has 4 rings (SSSR count). The number of pyridine rings is 2. The minimum absolute atomic E-state index is 0.0930. The van der Waals surface area contributed by atoms with E-state index in [-0.39, 0.29) is 17.4 Å². The van der Waals surface area contributed by atoms with E-state index in [4.69, 9.17) is 0 Å². The fraction of sp³-hybridized carbons (Fsp3) is 0.423. The van der Waals surface area contributed by atoms with Crippen LogP contribution in [0.25, 0.3) is 10.9 Å². The van der Waals surface area contributed by atoms with E-state index in [2.05, 4.69) is 50.0 Å². The summed E-state index contributed by atoms with van der Waals surface area (Å²) in [6, 6.07) is 13.9. The monoisotopic (exact) mass is 494 g/mol. The van der Waals surface area contributed by atoms with Crippen molar-refractivity contribution in [1.29, 1.82) is 0 Å². The zero-order chi connectivity index (χ0) is 22.7. The van der Waals surface area contributed by atoms with Gasteiger partial charge in [0.05, 0.1) is 11.6 Å². The minimum Gasteiger partial charge on any atom is -0.368 e. The van der Waals surface area contributed by atoms with Gasteiger partial charge >= 0.3 is 0 Å². The molecule has 1 N–H and O–H groups in total. The highest BCUT2D eigenvalue weighted by Gasteiger charge is 2.44. The summed E-state index contributed by atoms with van der Waals surface area (Å²) in [5.41, 5.74) is 2.67. The van der Waals surface area contributed by atoms with E-state index in [1.165, 1.54) is 0 Å². The molecule has 1 aliphatic rings. The van der Waals surface area contributed by atoms with Gasteiger partial charge in [-0.15, -0.1) is 0 Å². The van der Waals surface area contributed by atoms with Crippen molar-refractivity contribution in [3.8, 4) is 0 Å². The van der Waals surface area contributed by atoms with Gasteiger partial charge < -0.3 is 10.2 Å². The first kappa shape index (κ1) is 22.7. The van der Waals surface area contributed by atoms with Crippen molar-refractivity contribution >= 4 is 38.6 Å². The van der Waals surface area contributed by atoms with Gasteiger partial charge in [-0.25, -0.2) is 4.98 Å². The highest BCUT2D eigenvalue weighted by molar-refractivity contribution is 9.10. The second kappa shape index (κ2) is 9.57. The van der Waals surface area contributed by atoms with Gasteiger partial charge in [0.25, 0.3) is 5.91 Å². The zero-order valence-corrected chi connectivity index (χ0v) is 20.7. The lowest BCUT2D eigenvalue weighted by Gasteiger charge is -2.50. The van der Waals surface area contributed by atoms with Crippen LogP contribution in [0.5, 0.6) is 0 Å². The van der Waals surface area contributed by atoms with Gasteiger partial charge in [0, 0.05) is 40.4 Å². The van der Waals surface area contributed by atoms with Crippen LogP contribution in [0.2, 0.25) is 0 Å². The van der Waals surface area contributed by atoms with E-state index < -0.39 is 0 Å². The lowest BCUT2D eigenvalue weighted by molar-refractivity contribution is 0.0139. The van der Waals surface area contributed by atoms with Crippen LogP contribution >= 0.6 is 15.9 Å². The number of aromatic nitrogens is 2. The molecule has 0 spiro atoms. The molecule has 2 aromatic heterocycles. The Bertz CT molecular complexity index is 1090. The van der Waals surface area contributed by atoms with Crippen LogP contribution in [0.1, 0.15) is 55.6 Å². The molecule has 0 saturated carbocycles. The Morgan fingerprint density at radius 1 is 1.19 bits per heavy atom. The van der Waals surface area contributed by atoms with Gasteiger partial charge in [-0.2, -0.15) is 0 Å². The smallest absolute Gasteiger partial charge is 0.254 e. The molecule has 168 valence electrons. The number of fused-ring (bicyclic) bond motifs is 1. The molecule has 1 amide bonds. The van der Waals surface area contributed by atoms with Crippen molar-refractivity contribution in [2.45, 2.75) is 52.5 Å². The number of benzene rings is 1. The van der Waals surface area contributed by atoms with Crippen molar-refractivity contribution in [2.75, 3.05) is 18.4 Å². The van der Waals surface area contributed by atoms with E-state index in [0.29, 0.717) is 6.54 Å². The Morgan fingerprint density at radius 3 is 2.72 bits per heavy atom. The van der Waals surface area contributed by atoms with Crippen LogP contribution in [0.4, 0.5) is 5.82 Å². The largest absolute Gasteiger partial charge is 0.368 e. The number of carbonyl (C=O) groups is 1. The van der Waals surface area contributed by atoms with Gasteiger partial charge in [-0.05, 0) is 84.3 Å². The number of carbonyl (C=O) groups excluding carboxylic acids is 1. The Kier molecular flexibility index (Phi) is 6.79. The fourth-order valence-corrected chi connectivity index (χ4v) is 5.41. The van der Waals surface area contributed by atoms with Crippen LogP contribution in [0.3, 0.4) is 0 Å². The average Bonchev–Trinajstić information content (AvgIpc) is 2.82. The first-order valence-corrected chi connectivity index (χ1v) is 12.3. The van der Waals surface area contributed by atoms with E-state index >= 15 is 0 Å². The molecule has 1 saturated heterocycles. The quantitative estimate of drug-likeness (QED) is 0.441. The maximum absolute atomic E-state index is 13.9. The molecule has 0 bridgehead atoms. The molecule has 3 heterocycles. The average molecular weight is 495 g/mol. The summed E-state index contributed by atoms with van der Waals surface area (Å²) in [5.74, 6) is 0.930. The van der Waals surface area contributed by atoms with Crippen LogP contribution in [-0.2, 0) is 0 Å². The number of rotatable bonds is 6. The van der Waals surface area contributed by atoms with Crippen molar-refractivity contribution in [3.63, 3.8) is 0 Å². The highest BCUT2D eigenvalue weighted by atomic mass is 79.9. The number of piperidine rings is 1. The number of aryl methyl sites for hydroxylation is 1. The van der Waals surface area contributed by atoms with Gasteiger partial charge in [0.1, 0.15) is 5.82 Å². The Balaban J connectivity index is 1.68. The van der Waals surface area contributed by atoms with Crippen molar-refractivity contribution in [1.82, 2.24) is 14.9 Å². The molecule has 0 aliphatic carbocycles. The molecule has 5 nitrogen and oxygen atoms in total. The second-order valence-electron chi connectivity index (χ2n) is 8.75. The third-order valence-electron chi connectivity index (χ3n) is 7.13. The number of likely N-dealkylation sites (tertiary alicyclic amines) is 1. The Hall–Kier alpha value is -2.47. The summed E-state index contributed by atoms with van der Waals surface area (Å²) in [7, 11) is 0. The molecule has 1 aliphatic heterocycles. The van der Waals surface area contributed by atoms with Crippen LogP contribution in [0, 0.1) is 12.3 Å². The lowest BCUT2D eigenvalue weighted by Crippen LogP contribution is -2.57. The zero-order valence-electron chi connectivity index (χ0n) is 19.1. The predicted molar refractivity (Wildman–Crippen MR) is 134 cm³/mol. The standard InChI is InChI=1S/C26H31BrN4O/c1-4-26(5-2)14-7-15-31(23(26)17-29-24-13-11-19(27)16-28-24)25(32)21-8-6-9-22-20(21)12-10-18(3)30-22/h6,8-13,16,23H,4-5,7,14-15,17H2,1-3H3,(H,28,29). The first-order chi connectivity index (χ1) is 15.5. The fourth-order valence-electron chi connectivity index (χ4n) is 5.18. The maximum Gasteiger partial charge on any atom is 0.254 e. The van der Waals surface area contributed by atoms with Gasteiger partial charge in [-0.3, -0.25) is 9.78 Å². The molecular formula is C26H31BrN4O. The maximum atomic E-state index is 13.9. The van der Waals surface area contributed by atoms with E-state index in [1.807, 2.05) is 49.4 Å². The number of nitrogens with zero attached hydrogens (tertiary/aromatic N) is 3. The predicted octanol–water partition coefficient (Wildman–Crippen LogP) is 6.22. The van der Waals surface area contributed by atoms with Crippen LogP contribution < -0.4 is 5.32 Å². The summed E-state index contributed by atoms with van der Waals surface area (Å²) >= 11 is 3.44. The van der Waals surface area contributed by atoms with Crippen molar-refractivity contribution in [2.24, 2.45) is 5.41 Å². The van der Waals surface area contributed by atoms with E-state index in [9.17, 15) is 4.79 Å². The molecule has 3 aromatic rings. The normalized spacial score (nSPS) is 18.0. The van der Waals surface area contributed by atoms with Crippen molar-refractivity contribution in [3.05, 3.63) is 64.4 Å². The van der Waals surface area contributed by atoms with E-state index in [1.54, 1.807) is 6.20 Å². The van der Waals surface area contributed by atoms with Gasteiger partial charge in [-0.1, -0.05) is 26.0 Å². The molecule has 1 unspecified atom stereocenters. The number of halogens is 1. The van der Waals surface area contributed by atoms with Crippen LogP contribution in [-0.4, -0.2) is 39.9 Å². The number of amides is 1. The molecule has 32 heavy (non-hydrogen) atoms. The molecule has 1 aromatic carbocycles. The summed E-state index contributed by atoms with van der Waals surface area (Å²) in [5, 5.41) is 4.43. The SMILES string of the molecule is CCC1(CC)CCCN(C(=O)c2cccc3nc(C)ccc23)C1CNc1ccc(Br)cn1. The van der Waals surface area contributed by atoms with E-state index in [0.717, 1.165) is 64.7 Å². The van der Waals surface area contributed by atoms with Gasteiger partial charge in [0.15, 0.2) is 0 Å². The highest BCUT2D eigenvalue weighted by Crippen LogP contribution is 2.42. The number of hydrogen-bond donors (Lipinski definition) is 1. The van der Waals surface area contributed by atoms with Gasteiger partial charge in [0.2, 0.25) is 0 Å². The number of hydrogen-bond acceptors (Lipinski definition) is 4. The molecule has 1 fully saturated rings.